The molecule has 0 amide bonds. The van der Waals surface area contributed by atoms with Crippen LogP contribution >= 0.6 is 0 Å². The number of methoxy groups -OCH3 is 2. The van der Waals surface area contributed by atoms with Crippen molar-refractivity contribution in [3.63, 3.8) is 0 Å². The number of aliphatic carboxylic acids is 3. The molecular formula is C89H117NaO21. The summed E-state index contributed by atoms with van der Waals surface area (Å²) in [6.07, 6.45) is 15.9. The van der Waals surface area contributed by atoms with Crippen molar-refractivity contribution in [3.05, 3.63) is 279 Å². The molecule has 0 spiro atoms. The van der Waals surface area contributed by atoms with Crippen molar-refractivity contribution in [3.8, 4) is 34.5 Å². The molecule has 0 bridgehead atoms. The first-order chi connectivity index (χ1) is 48.5. The Morgan fingerprint density at radius 1 is 0.369 bits per heavy atom. The molecule has 0 aliphatic rings. The predicted molar refractivity (Wildman–Crippen MR) is 443 cm³/mol. The van der Waals surface area contributed by atoms with E-state index in [0.717, 1.165) is 51.6 Å². The van der Waals surface area contributed by atoms with E-state index in [-0.39, 0.29) is 136 Å². The van der Waals surface area contributed by atoms with E-state index in [4.69, 9.17) is 43.4 Å². The van der Waals surface area contributed by atoms with Gasteiger partial charge < -0.3 is 69.3 Å². The maximum atomic E-state index is 12.5. The predicted octanol–water partition coefficient (Wildman–Crippen LogP) is 16.0. The molecule has 0 fully saturated rings. The minimum Gasteiger partial charge on any atom is -0.870 e. The quantitative estimate of drug-likeness (QED) is 0.00916. The van der Waals surface area contributed by atoms with Crippen molar-refractivity contribution < 1.29 is 132 Å². The van der Waals surface area contributed by atoms with Crippen molar-refractivity contribution >= 4 is 72.2 Å². The number of hydrogen-bond acceptors (Lipinski definition) is 18. The molecule has 7 aromatic carbocycles. The van der Waals surface area contributed by atoms with Gasteiger partial charge in [0.05, 0.1) is 14.2 Å². The van der Waals surface area contributed by atoms with Gasteiger partial charge in [0, 0.05) is 43.2 Å². The van der Waals surface area contributed by atoms with Crippen LogP contribution in [-0.4, -0.2) is 124 Å². The molecule has 0 heterocycles. The van der Waals surface area contributed by atoms with Crippen molar-refractivity contribution in [1.29, 1.82) is 0 Å². The average Bonchev–Trinajstić information content (AvgIpc) is 0.879. The molecule has 0 aromatic heterocycles. The van der Waals surface area contributed by atoms with Gasteiger partial charge in [0.25, 0.3) is 0 Å². The fourth-order valence-electron chi connectivity index (χ4n) is 8.44. The van der Waals surface area contributed by atoms with E-state index in [2.05, 4.69) is 26.7 Å². The van der Waals surface area contributed by atoms with Crippen LogP contribution in [0.5, 0.6) is 34.5 Å². The summed E-state index contributed by atoms with van der Waals surface area (Å²) in [7, 11) is 2.96. The Bertz CT molecular complexity index is 4140. The number of carboxylic acid groups (broad SMARTS) is 3. The average molecular weight is 1550 g/mol. The summed E-state index contributed by atoms with van der Waals surface area (Å²) in [4.78, 5) is 79.9. The normalized spacial score (nSPS) is 10.3. The zero-order chi connectivity index (χ0) is 75.8. The van der Waals surface area contributed by atoms with E-state index in [9.17, 15) is 54.0 Å². The Labute approximate surface area is 680 Å². The van der Waals surface area contributed by atoms with Gasteiger partial charge in [0.2, 0.25) is 12.2 Å². The van der Waals surface area contributed by atoms with Crippen molar-refractivity contribution in [1.82, 2.24) is 0 Å². The van der Waals surface area contributed by atoms with Gasteiger partial charge in [-0.15, -0.1) is 0 Å². The van der Waals surface area contributed by atoms with Crippen LogP contribution in [0.1, 0.15) is 135 Å². The molecule has 111 heavy (non-hydrogen) atoms. The summed E-state index contributed by atoms with van der Waals surface area (Å²) in [5.74, 6) is -4.18. The molecule has 7 aromatic rings. The van der Waals surface area contributed by atoms with E-state index in [0.29, 0.717) is 51.7 Å². The van der Waals surface area contributed by atoms with Gasteiger partial charge in [0.15, 0.2) is 23.0 Å². The smallest absolute Gasteiger partial charge is 0.870 e. The van der Waals surface area contributed by atoms with E-state index >= 15 is 0 Å². The van der Waals surface area contributed by atoms with E-state index in [1.54, 1.807) is 99.9 Å². The van der Waals surface area contributed by atoms with Crippen LogP contribution in [0.3, 0.4) is 0 Å². The number of ether oxygens (including phenoxy) is 7. The minimum absolute atomic E-state index is 0. The van der Waals surface area contributed by atoms with Crippen molar-refractivity contribution in [2.75, 3.05) is 34.0 Å². The molecule has 600 valence electrons. The second kappa shape index (κ2) is 60.4. The van der Waals surface area contributed by atoms with Crippen LogP contribution in [0.2, 0.25) is 0 Å². The second-order valence-electron chi connectivity index (χ2n) is 22.5. The van der Waals surface area contributed by atoms with Crippen LogP contribution in [0.15, 0.2) is 196 Å². The van der Waals surface area contributed by atoms with Gasteiger partial charge in [-0.05, 0) is 206 Å². The summed E-state index contributed by atoms with van der Waals surface area (Å²) in [5.41, 5.74) is 13.7. The third-order valence-corrected chi connectivity index (χ3v) is 14.5. The fraction of sp³-hybridized carbons (Fsp3) is 0.270. The molecule has 2 atom stereocenters. The topological polar surface area (TPSA) is 335 Å². The Hall–Kier alpha value is -11.5. The number of aromatic hydroxyl groups is 3. The second-order valence-corrected chi connectivity index (χ2v) is 22.5. The number of phenols is 3. The molecule has 0 saturated carbocycles. The Kier molecular flexibility index (Phi) is 61.4. The molecule has 2 unspecified atom stereocenters. The monoisotopic (exact) mass is 1540 g/mol. The van der Waals surface area contributed by atoms with E-state index in [1.165, 1.54) is 84.0 Å². The molecule has 7 rings (SSSR count). The van der Waals surface area contributed by atoms with Crippen LogP contribution < -0.4 is 43.8 Å². The van der Waals surface area contributed by atoms with Gasteiger partial charge in [-0.2, -0.15) is 0 Å². The van der Waals surface area contributed by atoms with Gasteiger partial charge >= 0.3 is 71.3 Å². The summed E-state index contributed by atoms with van der Waals surface area (Å²) >= 11 is 0. The van der Waals surface area contributed by atoms with Gasteiger partial charge in [-0.25, -0.2) is 33.6 Å². The van der Waals surface area contributed by atoms with Crippen LogP contribution in [0, 0.1) is 55.4 Å². The fourth-order valence-corrected chi connectivity index (χ4v) is 8.44. The first kappa shape index (κ1) is 113. The maximum absolute atomic E-state index is 12.5. The number of carboxylic acids is 3. The minimum atomic E-state index is -1.39. The Balaban J connectivity index is -0.000000250. The standard InChI is InChI=1S/C27H30O6.C20H20O7.C14H16O2.C11H12O2.C10H10O3.7CH4.Na.H2O/c1-6-14-31-24-17-21(10-12-23(24)30-5)11-13-26(28)33-25(27(29)32-15-7-2)18-22-9-8-19(3)20(4)16-22;1-12-3-4-14(10-15(12)21)11-18(20(24)25)27-19(23)8-6-13-5-7-17(26-2)16(22)9-13;1-4-9-16-14(15)8-7-13-6-5-11(2)12(3)10-13;1-8-3-4-10(7-9(8)2)5-6-11(12)13;1-7-2-3-8(6-9(7)11)4-5-10(12)13;;;;;;;;;/h6-13,16-17,25H,1-2,14-15,18H2,3-5H3;3-10,18,21-22H,11H2,1-2H3,(H,24,25);4-8,10H,1,9H2,2-3H3;3-7H,1-2H3,(H,12,13);2-6,11H,1H3,(H,12,13);7*1H4;;1H2/q;;;;;;;;;;;;+1;/p-1/b13-11+;8-6+;8-7+;6-5+;5-4+;;;;;;;;;. The molecule has 0 radical (unpaired) electrons. The number of rotatable bonds is 27. The van der Waals surface area contributed by atoms with Gasteiger partial charge in [-0.1, -0.05) is 181 Å². The number of esters is 4. The van der Waals surface area contributed by atoms with Gasteiger partial charge in [-0.3, -0.25) is 0 Å². The van der Waals surface area contributed by atoms with Crippen molar-refractivity contribution in [2.45, 2.75) is 132 Å². The van der Waals surface area contributed by atoms with Crippen LogP contribution in [-0.2, 0) is 65.4 Å². The molecule has 0 aliphatic carbocycles. The third-order valence-electron chi connectivity index (χ3n) is 14.5. The molecular weight excluding hydrogens is 1430 g/mol. The SMILES string of the molecule is C.C.C.C.C.C.C.C=CCOC(=O)/C=C/c1ccc(C)c(C)c1.C=CCOC(=O)C(Cc1ccc(C)c(C)c1)OC(=O)/C=C/c1ccc(OC)c(OCC=C)c1.COc1ccc(/C=C/C(=O)OC(Cc2ccc(C)c(O)c2)C(=O)O)cc1O.Cc1ccc(/C=C/C(=O)O)cc1C.Cc1ccc(/C=C/C(=O)O)cc1O.[Na+].[OH-]. The Morgan fingerprint density at radius 3 is 1.12 bits per heavy atom. The number of carbonyl (C=O) groups excluding carboxylic acids is 4. The van der Waals surface area contributed by atoms with E-state index < -0.39 is 48.0 Å². The van der Waals surface area contributed by atoms with Crippen molar-refractivity contribution in [2.24, 2.45) is 0 Å². The molecule has 0 saturated heterocycles. The summed E-state index contributed by atoms with van der Waals surface area (Å²) in [5, 5.41) is 54.7. The molecule has 21 nitrogen and oxygen atoms in total. The maximum Gasteiger partial charge on any atom is 1.00 e. The summed E-state index contributed by atoms with van der Waals surface area (Å²) < 4.78 is 36.2. The molecule has 0 aliphatic heterocycles. The molecule has 22 heteroatoms. The van der Waals surface area contributed by atoms with E-state index in [1.807, 2.05) is 89.2 Å². The first-order valence-corrected chi connectivity index (χ1v) is 31.6. The first-order valence-electron chi connectivity index (χ1n) is 31.6. The third kappa shape index (κ3) is 43.9. The summed E-state index contributed by atoms with van der Waals surface area (Å²) in [6.45, 7) is 26.9. The van der Waals surface area contributed by atoms with Gasteiger partial charge in [0.1, 0.15) is 31.3 Å². The van der Waals surface area contributed by atoms with Crippen LogP contribution in [0.25, 0.3) is 30.4 Å². The zero-order valence-electron chi connectivity index (χ0n) is 60.3. The summed E-state index contributed by atoms with van der Waals surface area (Å²) in [6, 6.07) is 37.3. The van der Waals surface area contributed by atoms with Crippen LogP contribution in [0.4, 0.5) is 0 Å². The number of phenolic OH excluding ortho intramolecular Hbond substituents is 3. The Morgan fingerprint density at radius 2 is 0.712 bits per heavy atom. The number of aryl methyl sites for hydroxylation is 8. The number of hydrogen-bond donors (Lipinski definition) is 6. The number of carbonyl (C=O) groups is 7. The molecule has 7 N–H and O–H groups in total. The zero-order valence-corrected chi connectivity index (χ0v) is 62.3. The largest absolute Gasteiger partial charge is 1.00 e. The number of benzene rings is 7.